The van der Waals surface area contributed by atoms with Crippen LogP contribution in [-0.2, 0) is 19.6 Å². The lowest BCUT2D eigenvalue weighted by Gasteiger charge is -2.45. The predicted octanol–water partition coefficient (Wildman–Crippen LogP) is 1.95. The monoisotopic (exact) mass is 436 g/mol. The first kappa shape index (κ1) is 22.6. The fraction of sp³-hybridized carbons (Fsp3) is 0.619. The minimum Gasteiger partial charge on any atom is -0.358 e. The van der Waals surface area contributed by atoms with Gasteiger partial charge in [0.2, 0.25) is 21.8 Å². The molecule has 9 heteroatoms. The van der Waals surface area contributed by atoms with Gasteiger partial charge in [0, 0.05) is 26.2 Å². The number of hydrogen-bond donors (Lipinski definition) is 1. The summed E-state index contributed by atoms with van der Waals surface area (Å²) < 4.78 is 27.5. The number of benzene rings is 1. The molecule has 3 rings (SSSR count). The fourth-order valence-electron chi connectivity index (χ4n) is 4.24. The molecule has 0 unspecified atom stereocenters. The van der Waals surface area contributed by atoms with Crippen molar-refractivity contribution in [1.82, 2.24) is 9.62 Å². The molecule has 1 fully saturated rings. The van der Waals surface area contributed by atoms with Gasteiger partial charge in [0.15, 0.2) is 0 Å². The highest BCUT2D eigenvalue weighted by Crippen LogP contribution is 2.40. The smallest absolute Gasteiger partial charge is 0.250 e. The van der Waals surface area contributed by atoms with Crippen LogP contribution in [0.2, 0.25) is 0 Å². The summed E-state index contributed by atoms with van der Waals surface area (Å²) in [6.07, 6.45) is 3.50. The van der Waals surface area contributed by atoms with E-state index in [1.54, 1.807) is 32.0 Å². The molecule has 166 valence electrons. The molecule has 0 saturated carbocycles. The van der Waals surface area contributed by atoms with Gasteiger partial charge in [-0.15, -0.1) is 0 Å². The highest BCUT2D eigenvalue weighted by molar-refractivity contribution is 7.89. The Bertz CT molecular complexity index is 898. The van der Waals surface area contributed by atoms with Gasteiger partial charge in [-0.2, -0.15) is 4.31 Å². The fourth-order valence-corrected chi connectivity index (χ4v) is 5.72. The molecule has 1 N–H and O–H groups in total. The number of hydrogen-bond acceptors (Lipinski definition) is 5. The van der Waals surface area contributed by atoms with Gasteiger partial charge in [-0.25, -0.2) is 8.42 Å². The number of amides is 2. The maximum Gasteiger partial charge on any atom is 0.250 e. The number of anilines is 2. The van der Waals surface area contributed by atoms with E-state index < -0.39 is 10.0 Å². The molecule has 1 saturated heterocycles. The van der Waals surface area contributed by atoms with Gasteiger partial charge in [0.05, 0.1) is 16.3 Å². The van der Waals surface area contributed by atoms with Gasteiger partial charge >= 0.3 is 0 Å². The van der Waals surface area contributed by atoms with E-state index in [1.165, 1.54) is 9.21 Å². The van der Waals surface area contributed by atoms with Crippen LogP contribution in [-0.4, -0.2) is 63.3 Å². The maximum atomic E-state index is 13.3. The van der Waals surface area contributed by atoms with Gasteiger partial charge in [0.25, 0.3) is 0 Å². The summed E-state index contributed by atoms with van der Waals surface area (Å²) in [4.78, 5) is 29.4. The average molecular weight is 437 g/mol. The van der Waals surface area contributed by atoms with E-state index in [4.69, 9.17) is 0 Å². The van der Waals surface area contributed by atoms with Gasteiger partial charge in [-0.05, 0) is 43.9 Å². The van der Waals surface area contributed by atoms with Crippen molar-refractivity contribution in [2.45, 2.75) is 57.4 Å². The Labute approximate surface area is 179 Å². The highest BCUT2D eigenvalue weighted by Gasteiger charge is 2.40. The predicted molar refractivity (Wildman–Crippen MR) is 117 cm³/mol. The first-order valence-corrected chi connectivity index (χ1v) is 12.3. The summed E-state index contributed by atoms with van der Waals surface area (Å²) in [5.74, 6) is -0.372. The van der Waals surface area contributed by atoms with Gasteiger partial charge in [0.1, 0.15) is 12.6 Å². The second kappa shape index (κ2) is 9.34. The van der Waals surface area contributed by atoms with E-state index in [-0.39, 0.29) is 29.3 Å². The number of fused-ring (bicyclic) bond motifs is 3. The SMILES string of the molecule is CCCNC(=O)CN1C(=O)[C@@H]2CCCCN2c2ccc(S(=O)(=O)N(CC)CC)cc21. The molecule has 1 aromatic carbocycles. The normalized spacial score (nSPS) is 18.9. The van der Waals surface area contributed by atoms with Crippen molar-refractivity contribution in [3.05, 3.63) is 18.2 Å². The third-order valence-electron chi connectivity index (χ3n) is 5.82. The molecule has 1 aromatic rings. The molecule has 0 spiro atoms. The van der Waals surface area contributed by atoms with Crippen LogP contribution in [0.3, 0.4) is 0 Å². The van der Waals surface area contributed by atoms with Crippen LogP contribution in [0, 0.1) is 0 Å². The lowest BCUT2D eigenvalue weighted by atomic mass is 9.96. The lowest BCUT2D eigenvalue weighted by molar-refractivity contribution is -0.125. The molecule has 0 aliphatic carbocycles. The Morgan fingerprint density at radius 1 is 1.17 bits per heavy atom. The number of carbonyl (C=O) groups excluding carboxylic acids is 2. The van der Waals surface area contributed by atoms with Crippen LogP contribution in [0.4, 0.5) is 11.4 Å². The van der Waals surface area contributed by atoms with Crippen molar-refractivity contribution in [1.29, 1.82) is 0 Å². The van der Waals surface area contributed by atoms with Crippen molar-refractivity contribution in [2.75, 3.05) is 42.5 Å². The van der Waals surface area contributed by atoms with E-state index in [9.17, 15) is 18.0 Å². The molecule has 2 amide bonds. The van der Waals surface area contributed by atoms with Gasteiger partial charge < -0.3 is 10.2 Å². The zero-order chi connectivity index (χ0) is 21.9. The maximum absolute atomic E-state index is 13.3. The molecule has 2 heterocycles. The highest BCUT2D eigenvalue weighted by atomic mass is 32.2. The number of nitrogens with zero attached hydrogens (tertiary/aromatic N) is 3. The largest absolute Gasteiger partial charge is 0.358 e. The van der Waals surface area contributed by atoms with Crippen molar-refractivity contribution in [3.8, 4) is 0 Å². The van der Waals surface area contributed by atoms with E-state index in [1.807, 2.05) is 6.92 Å². The Balaban J connectivity index is 2.05. The van der Waals surface area contributed by atoms with Crippen LogP contribution >= 0.6 is 0 Å². The van der Waals surface area contributed by atoms with Crippen molar-refractivity contribution < 1.29 is 18.0 Å². The Kier molecular flexibility index (Phi) is 7.02. The number of nitrogens with one attached hydrogen (secondary N) is 1. The van der Waals surface area contributed by atoms with E-state index in [0.29, 0.717) is 25.3 Å². The molecule has 0 bridgehead atoms. The summed E-state index contributed by atoms with van der Waals surface area (Å²) in [6.45, 7) is 7.48. The van der Waals surface area contributed by atoms with E-state index in [0.717, 1.165) is 37.9 Å². The number of rotatable bonds is 8. The van der Waals surface area contributed by atoms with Crippen LogP contribution in [0.25, 0.3) is 0 Å². The second-order valence-electron chi connectivity index (χ2n) is 7.72. The second-order valence-corrected chi connectivity index (χ2v) is 9.66. The minimum atomic E-state index is -3.67. The van der Waals surface area contributed by atoms with Crippen LogP contribution < -0.4 is 15.1 Å². The third-order valence-corrected chi connectivity index (χ3v) is 7.86. The Morgan fingerprint density at radius 2 is 1.90 bits per heavy atom. The summed E-state index contributed by atoms with van der Waals surface area (Å²) in [6, 6.07) is 4.66. The van der Waals surface area contributed by atoms with E-state index in [2.05, 4.69) is 10.2 Å². The van der Waals surface area contributed by atoms with Crippen LogP contribution in [0.15, 0.2) is 23.1 Å². The van der Waals surface area contributed by atoms with Crippen LogP contribution in [0.5, 0.6) is 0 Å². The molecule has 2 aliphatic rings. The first-order valence-electron chi connectivity index (χ1n) is 10.8. The average Bonchev–Trinajstić information content (AvgIpc) is 2.75. The van der Waals surface area contributed by atoms with E-state index >= 15 is 0 Å². The molecule has 0 radical (unpaired) electrons. The van der Waals surface area contributed by atoms with Crippen molar-refractivity contribution in [3.63, 3.8) is 0 Å². The summed E-state index contributed by atoms with van der Waals surface area (Å²) in [7, 11) is -3.67. The lowest BCUT2D eigenvalue weighted by Crippen LogP contribution is -2.57. The van der Waals surface area contributed by atoms with Crippen molar-refractivity contribution in [2.24, 2.45) is 0 Å². The molecule has 8 nitrogen and oxygen atoms in total. The number of sulfonamides is 1. The number of carbonyl (C=O) groups is 2. The minimum absolute atomic E-state index is 0.106. The summed E-state index contributed by atoms with van der Waals surface area (Å²) >= 11 is 0. The number of piperidine rings is 1. The van der Waals surface area contributed by atoms with Gasteiger partial charge in [-0.1, -0.05) is 20.8 Å². The molecule has 2 aliphatic heterocycles. The molecule has 1 atom stereocenters. The molecule has 0 aromatic heterocycles. The van der Waals surface area contributed by atoms with Gasteiger partial charge in [-0.3, -0.25) is 14.5 Å². The summed E-state index contributed by atoms with van der Waals surface area (Å²) in [5, 5.41) is 2.81. The zero-order valence-corrected chi connectivity index (χ0v) is 18.9. The van der Waals surface area contributed by atoms with Crippen molar-refractivity contribution >= 4 is 33.2 Å². The molecule has 30 heavy (non-hydrogen) atoms. The van der Waals surface area contributed by atoms with Crippen LogP contribution in [0.1, 0.15) is 46.5 Å². The molecular weight excluding hydrogens is 404 g/mol. The Hall–Kier alpha value is -2.13. The zero-order valence-electron chi connectivity index (χ0n) is 18.1. The Morgan fingerprint density at radius 3 is 2.57 bits per heavy atom. The molecular formula is C21H32N4O4S. The summed E-state index contributed by atoms with van der Waals surface area (Å²) in [5.41, 5.74) is 1.32. The third kappa shape index (κ3) is 4.18. The topological polar surface area (TPSA) is 90.0 Å². The standard InChI is InChI=1S/C21H32N4O4S/c1-4-12-22-20(26)15-25-19-14-16(30(28,29)23(5-2)6-3)10-11-17(19)24-13-8-7-9-18(24)21(25)27/h10-11,14,18H,4-9,12-13,15H2,1-3H3,(H,22,26)/t18-/m0/s1. The quantitative estimate of drug-likeness (QED) is 0.673. The first-order chi connectivity index (χ1) is 14.3.